The monoisotopic (exact) mass is 292 g/mol. The van der Waals surface area contributed by atoms with Crippen LogP contribution in [0.25, 0.3) is 0 Å². The molecule has 0 unspecified atom stereocenters. The topological polar surface area (TPSA) is 44.2 Å². The van der Waals surface area contributed by atoms with Crippen molar-refractivity contribution >= 4 is 0 Å². The Hall–Kier alpha value is -2.88. The summed E-state index contributed by atoms with van der Waals surface area (Å²) in [5.74, 6) is 1.56. The lowest BCUT2D eigenvalue weighted by atomic mass is 10.3. The number of ether oxygens (including phenoxy) is 2. The Labute approximate surface area is 129 Å². The van der Waals surface area contributed by atoms with Gasteiger partial charge < -0.3 is 9.47 Å². The summed E-state index contributed by atoms with van der Waals surface area (Å²) >= 11 is 0. The molecule has 110 valence electrons. The fourth-order valence-electron chi connectivity index (χ4n) is 1.95. The van der Waals surface area contributed by atoms with E-state index in [0.717, 1.165) is 22.6 Å². The van der Waals surface area contributed by atoms with E-state index < -0.39 is 0 Å². The van der Waals surface area contributed by atoms with Crippen molar-refractivity contribution < 1.29 is 9.47 Å². The van der Waals surface area contributed by atoms with Crippen LogP contribution in [0, 0.1) is 0 Å². The molecule has 0 fully saturated rings. The second kappa shape index (κ2) is 7.22. The van der Waals surface area contributed by atoms with Gasteiger partial charge in [-0.3, -0.25) is 9.97 Å². The van der Waals surface area contributed by atoms with Gasteiger partial charge in [-0.05, 0) is 47.5 Å². The highest BCUT2D eigenvalue weighted by Crippen LogP contribution is 2.21. The molecule has 0 amide bonds. The first-order valence-electron chi connectivity index (χ1n) is 7.03. The molecule has 0 spiro atoms. The van der Waals surface area contributed by atoms with Crippen molar-refractivity contribution in [2.45, 2.75) is 13.2 Å². The molecule has 4 heteroatoms. The van der Waals surface area contributed by atoms with Gasteiger partial charge in [-0.1, -0.05) is 6.07 Å². The lowest BCUT2D eigenvalue weighted by molar-refractivity contribution is 0.290. The summed E-state index contributed by atoms with van der Waals surface area (Å²) in [6.45, 7) is 1.02. The van der Waals surface area contributed by atoms with E-state index >= 15 is 0 Å². The number of hydrogen-bond donors (Lipinski definition) is 0. The molecule has 0 saturated heterocycles. The highest BCUT2D eigenvalue weighted by atomic mass is 16.5. The van der Waals surface area contributed by atoms with Gasteiger partial charge in [-0.25, -0.2) is 0 Å². The van der Waals surface area contributed by atoms with E-state index in [4.69, 9.17) is 9.47 Å². The second-order valence-electron chi connectivity index (χ2n) is 4.76. The van der Waals surface area contributed by atoms with E-state index in [1.54, 1.807) is 24.8 Å². The highest BCUT2D eigenvalue weighted by molar-refractivity contribution is 5.33. The molecule has 0 radical (unpaired) electrons. The molecule has 0 N–H and O–H groups in total. The van der Waals surface area contributed by atoms with Gasteiger partial charge in [0.05, 0.1) is 0 Å². The molecule has 3 aromatic rings. The minimum atomic E-state index is 0.510. The minimum Gasteiger partial charge on any atom is -0.489 e. The zero-order chi connectivity index (χ0) is 15.0. The summed E-state index contributed by atoms with van der Waals surface area (Å²) in [5.41, 5.74) is 2.16. The first kappa shape index (κ1) is 14.1. The molecule has 0 aliphatic heterocycles. The van der Waals surface area contributed by atoms with Gasteiger partial charge in [0.1, 0.15) is 24.7 Å². The standard InChI is InChI=1S/C18H16N2O2/c1-2-17(21-13-15-4-8-19-9-5-15)12-18(3-1)22-14-16-6-10-20-11-7-16/h1-12H,13-14H2. The van der Waals surface area contributed by atoms with Gasteiger partial charge >= 0.3 is 0 Å². The molecule has 0 bridgehead atoms. The predicted molar refractivity (Wildman–Crippen MR) is 83.6 cm³/mol. The van der Waals surface area contributed by atoms with E-state index in [1.807, 2.05) is 48.5 Å². The fraction of sp³-hybridized carbons (Fsp3) is 0.111. The normalized spacial score (nSPS) is 10.2. The van der Waals surface area contributed by atoms with Gasteiger partial charge in [0.15, 0.2) is 0 Å². The van der Waals surface area contributed by atoms with Crippen LogP contribution in [0.1, 0.15) is 11.1 Å². The molecule has 0 aliphatic rings. The largest absolute Gasteiger partial charge is 0.489 e. The Bertz CT molecular complexity index is 644. The Balaban J connectivity index is 1.58. The first-order chi connectivity index (χ1) is 10.9. The van der Waals surface area contributed by atoms with Gasteiger partial charge in [-0.15, -0.1) is 0 Å². The van der Waals surface area contributed by atoms with E-state index in [1.165, 1.54) is 0 Å². The molecular formula is C18H16N2O2. The van der Waals surface area contributed by atoms with Crippen LogP contribution in [0.4, 0.5) is 0 Å². The lowest BCUT2D eigenvalue weighted by Crippen LogP contribution is -1.97. The molecule has 4 nitrogen and oxygen atoms in total. The zero-order valence-electron chi connectivity index (χ0n) is 12.1. The lowest BCUT2D eigenvalue weighted by Gasteiger charge is -2.09. The van der Waals surface area contributed by atoms with Crippen molar-refractivity contribution in [3.8, 4) is 11.5 Å². The number of nitrogens with zero attached hydrogens (tertiary/aromatic N) is 2. The second-order valence-corrected chi connectivity index (χ2v) is 4.76. The first-order valence-corrected chi connectivity index (χ1v) is 7.03. The average Bonchev–Trinajstić information content (AvgIpc) is 2.60. The maximum Gasteiger partial charge on any atom is 0.123 e. The minimum absolute atomic E-state index is 0.510. The summed E-state index contributed by atoms with van der Waals surface area (Å²) in [7, 11) is 0. The van der Waals surface area contributed by atoms with Crippen molar-refractivity contribution in [2.75, 3.05) is 0 Å². The van der Waals surface area contributed by atoms with Crippen LogP contribution < -0.4 is 9.47 Å². The number of rotatable bonds is 6. The molecule has 3 rings (SSSR count). The van der Waals surface area contributed by atoms with Crippen LogP contribution in [0.2, 0.25) is 0 Å². The van der Waals surface area contributed by atoms with Crippen LogP contribution in [0.15, 0.2) is 73.3 Å². The Morgan fingerprint density at radius 2 is 1.09 bits per heavy atom. The predicted octanol–water partition coefficient (Wildman–Crippen LogP) is 3.63. The summed E-state index contributed by atoms with van der Waals surface area (Å²) in [5, 5.41) is 0. The number of pyridine rings is 2. The van der Waals surface area contributed by atoms with Crippen molar-refractivity contribution in [3.63, 3.8) is 0 Å². The molecule has 1 aromatic carbocycles. The smallest absolute Gasteiger partial charge is 0.123 e. The summed E-state index contributed by atoms with van der Waals surface area (Å²) in [4.78, 5) is 7.98. The third kappa shape index (κ3) is 4.06. The van der Waals surface area contributed by atoms with Crippen LogP contribution in [0.3, 0.4) is 0 Å². The summed E-state index contributed by atoms with van der Waals surface area (Å²) < 4.78 is 11.5. The van der Waals surface area contributed by atoms with Gasteiger partial charge in [-0.2, -0.15) is 0 Å². The summed E-state index contributed by atoms with van der Waals surface area (Å²) in [6.07, 6.45) is 7.03. The molecule has 0 saturated carbocycles. The average molecular weight is 292 g/mol. The molecule has 0 atom stereocenters. The van der Waals surface area contributed by atoms with E-state index in [2.05, 4.69) is 9.97 Å². The van der Waals surface area contributed by atoms with Crippen molar-refractivity contribution in [1.82, 2.24) is 9.97 Å². The Morgan fingerprint density at radius 1 is 0.636 bits per heavy atom. The van der Waals surface area contributed by atoms with E-state index in [9.17, 15) is 0 Å². The fourth-order valence-corrected chi connectivity index (χ4v) is 1.95. The number of hydrogen-bond acceptors (Lipinski definition) is 4. The summed E-state index contributed by atoms with van der Waals surface area (Å²) in [6, 6.07) is 15.4. The van der Waals surface area contributed by atoms with Crippen molar-refractivity contribution in [3.05, 3.63) is 84.4 Å². The maximum atomic E-state index is 5.77. The maximum absolute atomic E-state index is 5.77. The van der Waals surface area contributed by atoms with Crippen LogP contribution in [0.5, 0.6) is 11.5 Å². The molecule has 2 heterocycles. The van der Waals surface area contributed by atoms with Gasteiger partial charge in [0.25, 0.3) is 0 Å². The molecular weight excluding hydrogens is 276 g/mol. The van der Waals surface area contributed by atoms with Crippen LogP contribution in [-0.4, -0.2) is 9.97 Å². The Kier molecular flexibility index (Phi) is 4.62. The third-order valence-electron chi connectivity index (χ3n) is 3.12. The number of benzene rings is 1. The van der Waals surface area contributed by atoms with Crippen LogP contribution >= 0.6 is 0 Å². The molecule has 0 aliphatic carbocycles. The SMILES string of the molecule is c1cc(OCc2ccncc2)cc(OCc2ccncc2)c1. The molecule has 2 aromatic heterocycles. The highest BCUT2D eigenvalue weighted by Gasteiger charge is 2.00. The zero-order valence-corrected chi connectivity index (χ0v) is 12.1. The van der Waals surface area contributed by atoms with Crippen molar-refractivity contribution in [2.24, 2.45) is 0 Å². The molecule has 22 heavy (non-hydrogen) atoms. The van der Waals surface area contributed by atoms with Gasteiger partial charge in [0.2, 0.25) is 0 Å². The third-order valence-corrected chi connectivity index (χ3v) is 3.12. The van der Waals surface area contributed by atoms with E-state index in [-0.39, 0.29) is 0 Å². The van der Waals surface area contributed by atoms with Crippen molar-refractivity contribution in [1.29, 1.82) is 0 Å². The Morgan fingerprint density at radius 3 is 1.55 bits per heavy atom. The van der Waals surface area contributed by atoms with E-state index in [0.29, 0.717) is 13.2 Å². The quantitative estimate of drug-likeness (QED) is 0.696. The van der Waals surface area contributed by atoms with Gasteiger partial charge in [0, 0.05) is 30.9 Å². The number of aromatic nitrogens is 2. The van der Waals surface area contributed by atoms with Crippen LogP contribution in [-0.2, 0) is 13.2 Å².